The third-order valence-electron chi connectivity index (χ3n) is 2.76. The number of hydrogen-bond donors (Lipinski definition) is 2. The van der Waals surface area contributed by atoms with Gasteiger partial charge in [-0.2, -0.15) is 0 Å². The van der Waals surface area contributed by atoms with Crippen LogP contribution in [0.2, 0.25) is 0 Å². The fourth-order valence-electron chi connectivity index (χ4n) is 1.92. The second-order valence-corrected chi connectivity index (χ2v) is 5.65. The molecule has 0 saturated heterocycles. The van der Waals surface area contributed by atoms with Crippen molar-refractivity contribution in [3.05, 3.63) is 24.3 Å². The fraction of sp³-hybridized carbons (Fsp3) is 0.533. The maximum atomic E-state index is 10.9. The SMILES string of the molecule is CCCC(CSc1ccc(NC(C)=O)cc1)NCC. The Labute approximate surface area is 120 Å². The van der Waals surface area contributed by atoms with E-state index in [2.05, 4.69) is 36.6 Å². The molecule has 0 bridgehead atoms. The molecule has 106 valence electrons. The van der Waals surface area contributed by atoms with Crippen LogP contribution < -0.4 is 10.6 Å². The highest BCUT2D eigenvalue weighted by Gasteiger charge is 2.06. The maximum Gasteiger partial charge on any atom is 0.221 e. The van der Waals surface area contributed by atoms with Crippen LogP contribution in [0.25, 0.3) is 0 Å². The molecule has 0 saturated carbocycles. The summed E-state index contributed by atoms with van der Waals surface area (Å²) in [4.78, 5) is 12.2. The smallest absolute Gasteiger partial charge is 0.221 e. The van der Waals surface area contributed by atoms with E-state index in [-0.39, 0.29) is 5.91 Å². The van der Waals surface area contributed by atoms with Gasteiger partial charge in [0.15, 0.2) is 0 Å². The van der Waals surface area contributed by atoms with Gasteiger partial charge in [0.25, 0.3) is 0 Å². The Bertz CT molecular complexity index is 372. The topological polar surface area (TPSA) is 41.1 Å². The lowest BCUT2D eigenvalue weighted by Crippen LogP contribution is -2.30. The van der Waals surface area contributed by atoms with E-state index in [1.165, 1.54) is 24.7 Å². The second kappa shape index (κ2) is 8.99. The summed E-state index contributed by atoms with van der Waals surface area (Å²) < 4.78 is 0. The summed E-state index contributed by atoms with van der Waals surface area (Å²) in [5, 5.41) is 6.29. The number of benzene rings is 1. The molecule has 0 aliphatic carbocycles. The van der Waals surface area contributed by atoms with Crippen LogP contribution in [-0.2, 0) is 4.79 Å². The molecule has 0 radical (unpaired) electrons. The summed E-state index contributed by atoms with van der Waals surface area (Å²) in [5.74, 6) is 1.05. The molecule has 1 amide bonds. The number of hydrogen-bond acceptors (Lipinski definition) is 3. The van der Waals surface area contributed by atoms with Crippen LogP contribution in [0.3, 0.4) is 0 Å². The molecule has 3 nitrogen and oxygen atoms in total. The first-order valence-electron chi connectivity index (χ1n) is 6.89. The van der Waals surface area contributed by atoms with E-state index >= 15 is 0 Å². The van der Waals surface area contributed by atoms with Crippen molar-refractivity contribution in [2.45, 2.75) is 44.6 Å². The molecule has 0 spiro atoms. The molecule has 1 aromatic carbocycles. The molecule has 0 aliphatic heterocycles. The molecule has 1 unspecified atom stereocenters. The lowest BCUT2D eigenvalue weighted by molar-refractivity contribution is -0.114. The Morgan fingerprint density at radius 1 is 1.26 bits per heavy atom. The van der Waals surface area contributed by atoms with Crippen LogP contribution in [0.5, 0.6) is 0 Å². The minimum Gasteiger partial charge on any atom is -0.326 e. The van der Waals surface area contributed by atoms with Gasteiger partial charge in [-0.05, 0) is 37.2 Å². The quantitative estimate of drug-likeness (QED) is 0.716. The molecule has 1 aromatic rings. The first-order valence-corrected chi connectivity index (χ1v) is 7.88. The molecule has 4 heteroatoms. The van der Waals surface area contributed by atoms with Crippen LogP contribution >= 0.6 is 11.8 Å². The molecular weight excluding hydrogens is 256 g/mol. The summed E-state index contributed by atoms with van der Waals surface area (Å²) in [6.45, 7) is 6.91. The third kappa shape index (κ3) is 6.64. The Morgan fingerprint density at radius 2 is 1.95 bits per heavy atom. The normalized spacial score (nSPS) is 12.2. The van der Waals surface area contributed by atoms with Crippen LogP contribution in [0.4, 0.5) is 5.69 Å². The van der Waals surface area contributed by atoms with Gasteiger partial charge in [0.2, 0.25) is 5.91 Å². The largest absolute Gasteiger partial charge is 0.326 e. The molecule has 0 aromatic heterocycles. The summed E-state index contributed by atoms with van der Waals surface area (Å²) in [6.07, 6.45) is 2.42. The number of thioether (sulfide) groups is 1. The first kappa shape index (κ1) is 16.1. The predicted molar refractivity (Wildman–Crippen MR) is 83.8 cm³/mol. The van der Waals surface area contributed by atoms with E-state index in [1.807, 2.05) is 23.9 Å². The van der Waals surface area contributed by atoms with Crippen LogP contribution in [0.1, 0.15) is 33.6 Å². The standard InChI is InChI=1S/C15H24N2OS/c1-4-6-14(16-5-2)11-19-15-9-7-13(8-10-15)17-12(3)18/h7-10,14,16H,4-6,11H2,1-3H3,(H,17,18). The number of carbonyl (C=O) groups is 1. The maximum absolute atomic E-state index is 10.9. The van der Waals surface area contributed by atoms with Crippen molar-refractivity contribution in [1.82, 2.24) is 5.32 Å². The minimum atomic E-state index is -0.0319. The highest BCUT2D eigenvalue weighted by molar-refractivity contribution is 7.99. The summed E-state index contributed by atoms with van der Waals surface area (Å²) in [6, 6.07) is 8.60. The van der Waals surface area contributed by atoms with E-state index in [0.717, 1.165) is 18.0 Å². The zero-order valence-corrected chi connectivity index (χ0v) is 12.8. The van der Waals surface area contributed by atoms with E-state index in [4.69, 9.17) is 0 Å². The Hall–Kier alpha value is -1.00. The molecule has 0 fully saturated rings. The van der Waals surface area contributed by atoms with Gasteiger partial charge in [0.1, 0.15) is 0 Å². The van der Waals surface area contributed by atoms with Crippen molar-refractivity contribution in [2.24, 2.45) is 0 Å². The van der Waals surface area contributed by atoms with Gasteiger partial charge in [0.05, 0.1) is 0 Å². The van der Waals surface area contributed by atoms with E-state index in [9.17, 15) is 4.79 Å². The summed E-state index contributed by atoms with van der Waals surface area (Å²) in [7, 11) is 0. The monoisotopic (exact) mass is 280 g/mol. The van der Waals surface area contributed by atoms with Crippen molar-refractivity contribution in [1.29, 1.82) is 0 Å². The summed E-state index contributed by atoms with van der Waals surface area (Å²) in [5.41, 5.74) is 0.855. The third-order valence-corrected chi connectivity index (χ3v) is 3.93. The van der Waals surface area contributed by atoms with Crippen molar-refractivity contribution in [3.8, 4) is 0 Å². The van der Waals surface area contributed by atoms with Crippen molar-refractivity contribution >= 4 is 23.4 Å². The average Bonchev–Trinajstić information content (AvgIpc) is 2.37. The average molecular weight is 280 g/mol. The first-order chi connectivity index (χ1) is 9.15. The zero-order valence-electron chi connectivity index (χ0n) is 12.0. The van der Waals surface area contributed by atoms with Crippen molar-refractivity contribution in [2.75, 3.05) is 17.6 Å². The van der Waals surface area contributed by atoms with Gasteiger partial charge in [0, 0.05) is 29.3 Å². The molecule has 2 N–H and O–H groups in total. The zero-order chi connectivity index (χ0) is 14.1. The lowest BCUT2D eigenvalue weighted by atomic mass is 10.2. The minimum absolute atomic E-state index is 0.0319. The number of nitrogens with one attached hydrogen (secondary N) is 2. The van der Waals surface area contributed by atoms with E-state index < -0.39 is 0 Å². The van der Waals surface area contributed by atoms with E-state index in [1.54, 1.807) is 0 Å². The molecule has 0 aliphatic rings. The highest BCUT2D eigenvalue weighted by Crippen LogP contribution is 2.22. The molecule has 19 heavy (non-hydrogen) atoms. The highest BCUT2D eigenvalue weighted by atomic mass is 32.2. The van der Waals surface area contributed by atoms with Gasteiger partial charge < -0.3 is 10.6 Å². The van der Waals surface area contributed by atoms with Gasteiger partial charge in [-0.15, -0.1) is 11.8 Å². The fourth-order valence-corrected chi connectivity index (χ4v) is 2.92. The lowest BCUT2D eigenvalue weighted by Gasteiger charge is -2.16. The molecule has 1 rings (SSSR count). The predicted octanol–water partition coefficient (Wildman–Crippen LogP) is 3.52. The van der Waals surface area contributed by atoms with Gasteiger partial charge in [-0.25, -0.2) is 0 Å². The Morgan fingerprint density at radius 3 is 2.47 bits per heavy atom. The number of rotatable bonds is 8. The Balaban J connectivity index is 2.45. The second-order valence-electron chi connectivity index (χ2n) is 4.56. The number of amides is 1. The van der Waals surface area contributed by atoms with Gasteiger partial charge in [-0.1, -0.05) is 20.3 Å². The number of carbonyl (C=O) groups excluding carboxylic acids is 1. The summed E-state index contributed by atoms with van der Waals surface area (Å²) >= 11 is 1.86. The molecule has 0 heterocycles. The van der Waals surface area contributed by atoms with Gasteiger partial charge >= 0.3 is 0 Å². The van der Waals surface area contributed by atoms with E-state index in [0.29, 0.717) is 6.04 Å². The van der Waals surface area contributed by atoms with Crippen molar-refractivity contribution < 1.29 is 4.79 Å². The van der Waals surface area contributed by atoms with Crippen molar-refractivity contribution in [3.63, 3.8) is 0 Å². The van der Waals surface area contributed by atoms with Crippen LogP contribution in [-0.4, -0.2) is 24.2 Å². The Kier molecular flexibility index (Phi) is 7.60. The molecule has 1 atom stereocenters. The van der Waals surface area contributed by atoms with Crippen LogP contribution in [0, 0.1) is 0 Å². The van der Waals surface area contributed by atoms with Gasteiger partial charge in [-0.3, -0.25) is 4.79 Å². The number of anilines is 1. The molecular formula is C15H24N2OS. The van der Waals surface area contributed by atoms with Crippen LogP contribution in [0.15, 0.2) is 29.2 Å².